The second kappa shape index (κ2) is 4.52. The lowest BCUT2D eigenvalue weighted by Gasteiger charge is -2.27. The van der Waals surface area contributed by atoms with Gasteiger partial charge in [-0.25, -0.2) is 0 Å². The van der Waals surface area contributed by atoms with Crippen LogP contribution in [-0.2, 0) is 9.47 Å². The Balaban J connectivity index is 1.62. The fourth-order valence-electron chi connectivity index (χ4n) is 1.75. The van der Waals surface area contributed by atoms with Crippen molar-refractivity contribution in [1.29, 1.82) is 0 Å². The fraction of sp³-hybridized carbons (Fsp3) is 0.500. The molecule has 1 unspecified atom stereocenters. The molecule has 17 heavy (non-hydrogen) atoms. The number of hydrogen-bond donors (Lipinski definition) is 1. The van der Waals surface area contributed by atoms with Crippen LogP contribution >= 0.6 is 0 Å². The van der Waals surface area contributed by atoms with Gasteiger partial charge in [-0.05, 0) is 17.7 Å². The highest BCUT2D eigenvalue weighted by Gasteiger charge is 2.21. The lowest BCUT2D eigenvalue weighted by molar-refractivity contribution is -0.143. The summed E-state index contributed by atoms with van der Waals surface area (Å²) in [7, 11) is 0. The third-order valence-electron chi connectivity index (χ3n) is 2.88. The molecule has 2 aliphatic rings. The molecule has 1 fully saturated rings. The summed E-state index contributed by atoms with van der Waals surface area (Å²) >= 11 is 0. The molecular formula is C12H14O5. The van der Waals surface area contributed by atoms with E-state index in [9.17, 15) is 5.11 Å². The van der Waals surface area contributed by atoms with E-state index in [2.05, 4.69) is 0 Å². The van der Waals surface area contributed by atoms with Crippen molar-refractivity contribution < 1.29 is 24.1 Å². The van der Waals surface area contributed by atoms with Crippen molar-refractivity contribution in [3.8, 4) is 11.5 Å². The average molecular weight is 238 g/mol. The van der Waals surface area contributed by atoms with Gasteiger partial charge in [0.25, 0.3) is 0 Å². The van der Waals surface area contributed by atoms with Gasteiger partial charge >= 0.3 is 0 Å². The first-order valence-corrected chi connectivity index (χ1v) is 5.60. The number of aliphatic hydroxyl groups is 1. The molecule has 0 spiro atoms. The molecule has 0 aromatic heterocycles. The highest BCUT2D eigenvalue weighted by molar-refractivity contribution is 5.45. The average Bonchev–Trinajstić information content (AvgIpc) is 2.73. The van der Waals surface area contributed by atoms with Crippen LogP contribution in [0.15, 0.2) is 18.2 Å². The van der Waals surface area contributed by atoms with Crippen LogP contribution in [0.2, 0.25) is 0 Å². The van der Waals surface area contributed by atoms with Crippen molar-refractivity contribution in [1.82, 2.24) is 0 Å². The lowest BCUT2D eigenvalue weighted by atomic mass is 10.1. The van der Waals surface area contributed by atoms with E-state index >= 15 is 0 Å². The summed E-state index contributed by atoms with van der Waals surface area (Å²) in [6, 6.07) is 5.40. The van der Waals surface area contributed by atoms with E-state index in [4.69, 9.17) is 18.9 Å². The van der Waals surface area contributed by atoms with Crippen LogP contribution in [0.3, 0.4) is 0 Å². The molecule has 1 aromatic carbocycles. The maximum absolute atomic E-state index is 9.96. The number of ether oxygens (including phenoxy) is 4. The highest BCUT2D eigenvalue weighted by Crippen LogP contribution is 2.34. The predicted octanol–water partition coefficient (Wildman–Crippen LogP) is 0.864. The van der Waals surface area contributed by atoms with Crippen LogP contribution in [0.25, 0.3) is 0 Å². The van der Waals surface area contributed by atoms with E-state index in [1.807, 2.05) is 6.07 Å². The molecule has 0 bridgehead atoms. The van der Waals surface area contributed by atoms with Crippen molar-refractivity contribution in [2.45, 2.75) is 12.2 Å². The SMILES string of the molecule is OC(COC1COC1)c1ccc2c(c1)OCO2. The van der Waals surface area contributed by atoms with Crippen molar-refractivity contribution in [2.75, 3.05) is 26.6 Å². The normalized spacial score (nSPS) is 20.1. The van der Waals surface area contributed by atoms with Crippen molar-refractivity contribution in [3.05, 3.63) is 23.8 Å². The fourth-order valence-corrected chi connectivity index (χ4v) is 1.75. The number of hydrogen-bond acceptors (Lipinski definition) is 5. The summed E-state index contributed by atoms with van der Waals surface area (Å²) in [5.74, 6) is 1.39. The highest BCUT2D eigenvalue weighted by atomic mass is 16.7. The molecule has 1 saturated heterocycles. The molecule has 5 heteroatoms. The Hall–Kier alpha value is -1.30. The summed E-state index contributed by atoms with van der Waals surface area (Å²) in [6.45, 7) is 1.75. The van der Waals surface area contributed by atoms with Crippen LogP contribution in [0.4, 0.5) is 0 Å². The molecule has 5 nitrogen and oxygen atoms in total. The summed E-state index contributed by atoms with van der Waals surface area (Å²) in [4.78, 5) is 0. The van der Waals surface area contributed by atoms with E-state index in [-0.39, 0.29) is 19.5 Å². The first-order chi connectivity index (χ1) is 8.33. The second-order valence-electron chi connectivity index (χ2n) is 4.12. The minimum Gasteiger partial charge on any atom is -0.454 e. The zero-order chi connectivity index (χ0) is 11.7. The van der Waals surface area contributed by atoms with Crippen LogP contribution in [-0.4, -0.2) is 37.8 Å². The van der Waals surface area contributed by atoms with Gasteiger partial charge in [0.2, 0.25) is 6.79 Å². The zero-order valence-electron chi connectivity index (χ0n) is 9.30. The predicted molar refractivity (Wildman–Crippen MR) is 58.1 cm³/mol. The Bertz CT molecular complexity index is 402. The van der Waals surface area contributed by atoms with E-state index in [0.717, 1.165) is 5.56 Å². The quantitative estimate of drug-likeness (QED) is 0.843. The third kappa shape index (κ3) is 2.22. The molecule has 1 atom stereocenters. The number of benzene rings is 1. The molecular weight excluding hydrogens is 224 g/mol. The van der Waals surface area contributed by atoms with Crippen LogP contribution in [0.1, 0.15) is 11.7 Å². The molecule has 2 aliphatic heterocycles. The monoisotopic (exact) mass is 238 g/mol. The van der Waals surface area contributed by atoms with Gasteiger partial charge in [0.15, 0.2) is 11.5 Å². The van der Waals surface area contributed by atoms with Crippen LogP contribution in [0.5, 0.6) is 11.5 Å². The van der Waals surface area contributed by atoms with Crippen LogP contribution < -0.4 is 9.47 Å². The maximum atomic E-state index is 9.96. The molecule has 0 saturated carbocycles. The third-order valence-corrected chi connectivity index (χ3v) is 2.88. The van der Waals surface area contributed by atoms with Crippen molar-refractivity contribution in [2.24, 2.45) is 0 Å². The summed E-state index contributed by atoms with van der Waals surface area (Å²) in [5, 5.41) is 9.96. The van der Waals surface area contributed by atoms with Gasteiger partial charge in [0.05, 0.1) is 19.8 Å². The molecule has 0 radical (unpaired) electrons. The molecule has 2 heterocycles. The molecule has 0 aliphatic carbocycles. The number of aliphatic hydroxyl groups excluding tert-OH is 1. The van der Waals surface area contributed by atoms with E-state index < -0.39 is 6.10 Å². The van der Waals surface area contributed by atoms with E-state index in [1.165, 1.54) is 0 Å². The van der Waals surface area contributed by atoms with Gasteiger partial charge in [-0.15, -0.1) is 0 Å². The molecule has 3 rings (SSSR count). The molecule has 92 valence electrons. The van der Waals surface area contributed by atoms with Gasteiger partial charge in [-0.1, -0.05) is 6.07 Å². The zero-order valence-corrected chi connectivity index (χ0v) is 9.30. The molecule has 1 aromatic rings. The second-order valence-corrected chi connectivity index (χ2v) is 4.12. The Labute approximate surface area is 98.9 Å². The van der Waals surface area contributed by atoms with Gasteiger partial charge in [0, 0.05) is 0 Å². The number of fused-ring (bicyclic) bond motifs is 1. The number of rotatable bonds is 4. The van der Waals surface area contributed by atoms with E-state index in [0.29, 0.717) is 24.7 Å². The van der Waals surface area contributed by atoms with Gasteiger partial charge in [-0.3, -0.25) is 0 Å². The lowest BCUT2D eigenvalue weighted by Crippen LogP contribution is -2.37. The first-order valence-electron chi connectivity index (χ1n) is 5.60. The largest absolute Gasteiger partial charge is 0.454 e. The Kier molecular flexibility index (Phi) is 2.88. The van der Waals surface area contributed by atoms with Crippen molar-refractivity contribution in [3.63, 3.8) is 0 Å². The summed E-state index contributed by atoms with van der Waals surface area (Å²) < 4.78 is 20.9. The smallest absolute Gasteiger partial charge is 0.231 e. The summed E-state index contributed by atoms with van der Waals surface area (Å²) in [6.07, 6.45) is -0.524. The van der Waals surface area contributed by atoms with Gasteiger partial charge in [0.1, 0.15) is 12.2 Å². The minimum atomic E-state index is -0.648. The Morgan fingerprint density at radius 2 is 2.12 bits per heavy atom. The Morgan fingerprint density at radius 1 is 1.29 bits per heavy atom. The standard InChI is InChI=1S/C12H14O5/c13-10(6-15-9-4-14-5-9)8-1-2-11-12(3-8)17-7-16-11/h1-3,9-10,13H,4-7H2. The first kappa shape index (κ1) is 10.8. The molecule has 1 N–H and O–H groups in total. The van der Waals surface area contributed by atoms with E-state index in [1.54, 1.807) is 12.1 Å². The van der Waals surface area contributed by atoms with Crippen LogP contribution in [0, 0.1) is 0 Å². The Morgan fingerprint density at radius 3 is 2.88 bits per heavy atom. The minimum absolute atomic E-state index is 0.124. The van der Waals surface area contributed by atoms with Crippen molar-refractivity contribution >= 4 is 0 Å². The molecule has 0 amide bonds. The summed E-state index contributed by atoms with van der Waals surface area (Å²) in [5.41, 5.74) is 0.773. The van der Waals surface area contributed by atoms with Gasteiger partial charge < -0.3 is 24.1 Å². The van der Waals surface area contributed by atoms with Gasteiger partial charge in [-0.2, -0.15) is 0 Å². The maximum Gasteiger partial charge on any atom is 0.231 e. The topological polar surface area (TPSA) is 57.2 Å².